The fourth-order valence-corrected chi connectivity index (χ4v) is 2.88. The van der Waals surface area contributed by atoms with Crippen molar-refractivity contribution in [2.75, 3.05) is 10.2 Å². The highest BCUT2D eigenvalue weighted by Gasteiger charge is 2.39. The topological polar surface area (TPSA) is 66.5 Å². The molecule has 0 fully saturated rings. The number of imide groups is 1. The molecule has 0 aromatic heterocycles. The number of hydrogen-bond acceptors (Lipinski definition) is 3. The van der Waals surface area contributed by atoms with Crippen LogP contribution in [-0.2, 0) is 14.4 Å². The number of nitrogens with zero attached hydrogens (tertiary/aromatic N) is 1. The summed E-state index contributed by atoms with van der Waals surface area (Å²) in [5, 5.41) is 2.53. The monoisotopic (exact) mass is 354 g/mol. The highest BCUT2D eigenvalue weighted by Crippen LogP contribution is 2.35. The minimum Gasteiger partial charge on any atom is -0.326 e. The number of carbonyl (C=O) groups is 3. The van der Waals surface area contributed by atoms with E-state index in [0.717, 1.165) is 10.5 Å². The van der Waals surface area contributed by atoms with Crippen molar-refractivity contribution in [2.24, 2.45) is 0 Å². The molecule has 3 rings (SSSR count). The van der Waals surface area contributed by atoms with Crippen molar-refractivity contribution in [2.45, 2.75) is 13.8 Å². The van der Waals surface area contributed by atoms with E-state index in [-0.39, 0.29) is 16.5 Å². The fraction of sp³-hybridized carbons (Fsp3) is 0.105. The van der Waals surface area contributed by atoms with Crippen molar-refractivity contribution < 1.29 is 14.4 Å². The van der Waals surface area contributed by atoms with Crippen molar-refractivity contribution in [3.8, 4) is 0 Å². The summed E-state index contributed by atoms with van der Waals surface area (Å²) in [6.07, 6.45) is 0. The van der Waals surface area contributed by atoms with Gasteiger partial charge in [-0.15, -0.1) is 0 Å². The zero-order valence-corrected chi connectivity index (χ0v) is 14.4. The predicted octanol–water partition coefficient (Wildman–Crippen LogP) is 3.48. The zero-order chi connectivity index (χ0) is 18.1. The van der Waals surface area contributed by atoms with Gasteiger partial charge in [0.1, 0.15) is 5.03 Å². The minimum absolute atomic E-state index is 0.113. The van der Waals surface area contributed by atoms with Crippen LogP contribution in [-0.4, -0.2) is 17.7 Å². The van der Waals surface area contributed by atoms with Gasteiger partial charge in [0, 0.05) is 12.6 Å². The molecule has 5 nitrogen and oxygen atoms in total. The number of hydrogen-bond donors (Lipinski definition) is 1. The number of nitrogens with one attached hydrogen (secondary N) is 1. The lowest BCUT2D eigenvalue weighted by molar-refractivity contribution is -0.120. The highest BCUT2D eigenvalue weighted by atomic mass is 35.5. The second-order valence-corrected chi connectivity index (χ2v) is 6.11. The first kappa shape index (κ1) is 16.9. The molecule has 1 heterocycles. The van der Waals surface area contributed by atoms with Crippen molar-refractivity contribution in [1.82, 2.24) is 0 Å². The molecular weight excluding hydrogens is 340 g/mol. The summed E-state index contributed by atoms with van der Waals surface area (Å²) in [5.74, 6) is -1.20. The molecule has 2 aromatic carbocycles. The number of amides is 3. The smallest absolute Gasteiger partial charge is 0.277 e. The van der Waals surface area contributed by atoms with Gasteiger partial charge in [-0.05, 0) is 36.8 Å². The highest BCUT2D eigenvalue weighted by molar-refractivity contribution is 6.60. The largest absolute Gasteiger partial charge is 0.326 e. The van der Waals surface area contributed by atoms with E-state index in [1.165, 1.54) is 6.92 Å². The molecule has 3 amide bonds. The van der Waals surface area contributed by atoms with Crippen LogP contribution in [0.15, 0.2) is 53.6 Å². The number of halogens is 1. The Morgan fingerprint density at radius 3 is 2.12 bits per heavy atom. The molecule has 0 spiro atoms. The Balaban J connectivity index is 1.94. The van der Waals surface area contributed by atoms with Gasteiger partial charge in [0.15, 0.2) is 0 Å². The second-order valence-electron chi connectivity index (χ2n) is 5.73. The first-order chi connectivity index (χ1) is 11.9. The summed E-state index contributed by atoms with van der Waals surface area (Å²) < 4.78 is 0. The lowest BCUT2D eigenvalue weighted by Crippen LogP contribution is -2.31. The fourth-order valence-electron chi connectivity index (χ4n) is 2.61. The molecule has 6 heteroatoms. The summed E-state index contributed by atoms with van der Waals surface area (Å²) in [6.45, 7) is 3.33. The SMILES string of the molecule is CC(=O)Nc1ccc(C2=C(Cl)C(=O)N(c3ccc(C)cc3)C2=O)cc1. The third kappa shape index (κ3) is 3.19. The maximum absolute atomic E-state index is 12.8. The summed E-state index contributed by atoms with van der Waals surface area (Å²) in [5.41, 5.74) is 2.77. The summed E-state index contributed by atoms with van der Waals surface area (Å²) >= 11 is 6.16. The third-order valence-electron chi connectivity index (χ3n) is 3.81. The van der Waals surface area contributed by atoms with Crippen LogP contribution in [0, 0.1) is 6.92 Å². The van der Waals surface area contributed by atoms with Crippen LogP contribution in [0.4, 0.5) is 11.4 Å². The second kappa shape index (κ2) is 6.53. The van der Waals surface area contributed by atoms with E-state index in [2.05, 4.69) is 5.32 Å². The van der Waals surface area contributed by atoms with E-state index in [4.69, 9.17) is 11.6 Å². The van der Waals surface area contributed by atoms with Gasteiger partial charge in [0.25, 0.3) is 11.8 Å². The predicted molar refractivity (Wildman–Crippen MR) is 97.2 cm³/mol. The quantitative estimate of drug-likeness (QED) is 0.858. The molecule has 2 aromatic rings. The molecule has 1 aliphatic heterocycles. The van der Waals surface area contributed by atoms with Gasteiger partial charge in [0.05, 0.1) is 11.3 Å². The zero-order valence-electron chi connectivity index (χ0n) is 13.7. The average Bonchev–Trinajstić information content (AvgIpc) is 2.79. The Morgan fingerprint density at radius 2 is 1.56 bits per heavy atom. The van der Waals surface area contributed by atoms with E-state index in [1.54, 1.807) is 36.4 Å². The van der Waals surface area contributed by atoms with Gasteiger partial charge >= 0.3 is 0 Å². The molecule has 0 unspecified atom stereocenters. The molecule has 0 radical (unpaired) electrons. The molecular formula is C19H15ClN2O3. The van der Waals surface area contributed by atoms with Crippen LogP contribution in [0.25, 0.3) is 5.57 Å². The number of benzene rings is 2. The number of rotatable bonds is 3. The molecule has 0 saturated heterocycles. The van der Waals surface area contributed by atoms with Crippen LogP contribution < -0.4 is 10.2 Å². The van der Waals surface area contributed by atoms with Crippen molar-refractivity contribution in [3.05, 3.63) is 64.7 Å². The maximum Gasteiger partial charge on any atom is 0.277 e. The van der Waals surface area contributed by atoms with Gasteiger partial charge in [-0.25, -0.2) is 4.90 Å². The number of carbonyl (C=O) groups excluding carboxylic acids is 3. The van der Waals surface area contributed by atoms with E-state index >= 15 is 0 Å². The van der Waals surface area contributed by atoms with Crippen molar-refractivity contribution >= 4 is 46.3 Å². The Hall–Kier alpha value is -2.92. The number of aryl methyl sites for hydroxylation is 1. The standard InChI is InChI=1S/C19H15ClN2O3/c1-11-3-9-15(10-4-11)22-18(24)16(17(20)19(22)25)13-5-7-14(8-6-13)21-12(2)23/h3-10H,1-2H3,(H,21,23). The van der Waals surface area contributed by atoms with Crippen molar-refractivity contribution in [3.63, 3.8) is 0 Å². The van der Waals surface area contributed by atoms with E-state index in [1.807, 2.05) is 19.1 Å². The summed E-state index contributed by atoms with van der Waals surface area (Å²) in [6, 6.07) is 13.7. The third-order valence-corrected chi connectivity index (χ3v) is 4.16. The first-order valence-electron chi connectivity index (χ1n) is 7.61. The van der Waals surface area contributed by atoms with Gasteiger partial charge < -0.3 is 5.32 Å². The first-order valence-corrected chi connectivity index (χ1v) is 7.99. The van der Waals surface area contributed by atoms with Gasteiger partial charge in [-0.3, -0.25) is 14.4 Å². The Bertz CT molecular complexity index is 899. The van der Waals surface area contributed by atoms with E-state index < -0.39 is 11.8 Å². The van der Waals surface area contributed by atoms with Crippen LogP contribution in [0.1, 0.15) is 18.1 Å². The Labute approximate surface area is 149 Å². The van der Waals surface area contributed by atoms with Crippen molar-refractivity contribution in [1.29, 1.82) is 0 Å². The lowest BCUT2D eigenvalue weighted by atomic mass is 10.1. The van der Waals surface area contributed by atoms with Crippen LogP contribution in [0.5, 0.6) is 0 Å². The normalized spacial score (nSPS) is 14.3. The van der Waals surface area contributed by atoms with Gasteiger partial charge in [0.2, 0.25) is 5.91 Å². The van der Waals surface area contributed by atoms with Crippen LogP contribution >= 0.6 is 11.6 Å². The lowest BCUT2D eigenvalue weighted by Gasteiger charge is -2.15. The van der Waals surface area contributed by atoms with Gasteiger partial charge in [-0.1, -0.05) is 41.4 Å². The average molecular weight is 355 g/mol. The molecule has 25 heavy (non-hydrogen) atoms. The minimum atomic E-state index is -0.545. The molecule has 0 bridgehead atoms. The molecule has 1 aliphatic rings. The number of anilines is 2. The van der Waals surface area contributed by atoms with Crippen LogP contribution in [0.3, 0.4) is 0 Å². The van der Waals surface area contributed by atoms with E-state index in [0.29, 0.717) is 16.9 Å². The molecule has 1 N–H and O–H groups in total. The van der Waals surface area contributed by atoms with Gasteiger partial charge in [-0.2, -0.15) is 0 Å². The maximum atomic E-state index is 12.8. The summed E-state index contributed by atoms with van der Waals surface area (Å²) in [7, 11) is 0. The Morgan fingerprint density at radius 1 is 0.960 bits per heavy atom. The van der Waals surface area contributed by atoms with Crippen LogP contribution in [0.2, 0.25) is 0 Å². The molecule has 126 valence electrons. The van der Waals surface area contributed by atoms with E-state index in [9.17, 15) is 14.4 Å². The Kier molecular flexibility index (Phi) is 4.42. The molecule has 0 saturated carbocycles. The summed E-state index contributed by atoms with van der Waals surface area (Å²) in [4.78, 5) is 37.4. The molecule has 0 aliphatic carbocycles. The molecule has 0 atom stereocenters.